The summed E-state index contributed by atoms with van der Waals surface area (Å²) in [7, 11) is 1.69. The fourth-order valence-corrected chi connectivity index (χ4v) is 2.73. The fraction of sp³-hybridized carbons (Fsp3) is 0.222. The van der Waals surface area contributed by atoms with Crippen LogP contribution in [0.3, 0.4) is 0 Å². The van der Waals surface area contributed by atoms with Gasteiger partial charge >= 0.3 is 0 Å². The van der Waals surface area contributed by atoms with Crippen molar-refractivity contribution in [2.24, 2.45) is 0 Å². The second kappa shape index (κ2) is 8.98. The smallest absolute Gasteiger partial charge is 0.282 e. The molecule has 1 unspecified atom stereocenters. The van der Waals surface area contributed by atoms with Gasteiger partial charge in [0, 0.05) is 0 Å². The lowest BCUT2D eigenvalue weighted by Crippen LogP contribution is -3.14. The molecule has 0 aromatic heterocycles. The third kappa shape index (κ3) is 5.17. The highest BCUT2D eigenvalue weighted by atomic mass is 35.5. The van der Waals surface area contributed by atoms with Crippen LogP contribution in [-0.4, -0.2) is 31.4 Å². The summed E-state index contributed by atoms with van der Waals surface area (Å²) in [5, 5.41) is 5.83. The van der Waals surface area contributed by atoms with Crippen molar-refractivity contribution in [1.82, 2.24) is 0 Å². The topological polar surface area (TPSA) is 62.6 Å². The predicted molar refractivity (Wildman–Crippen MR) is 101 cm³/mol. The minimum Gasteiger partial charge on any atom is -0.320 e. The number of halogens is 3. The lowest BCUT2D eigenvalue weighted by molar-refractivity contribution is -0.885. The molecular formula is C18H19Cl2FN3O2+. The Kier molecular flexibility index (Phi) is 6.97. The summed E-state index contributed by atoms with van der Waals surface area (Å²) < 4.78 is 13.6. The molecule has 2 aromatic rings. The molecule has 2 rings (SSSR count). The van der Waals surface area contributed by atoms with Crippen LogP contribution < -0.4 is 15.5 Å². The first-order valence-corrected chi connectivity index (χ1v) is 8.66. The third-order valence-corrected chi connectivity index (χ3v) is 4.56. The van der Waals surface area contributed by atoms with Gasteiger partial charge in [-0.15, -0.1) is 0 Å². The van der Waals surface area contributed by atoms with Gasteiger partial charge in [-0.1, -0.05) is 41.4 Å². The molecule has 2 atom stereocenters. The van der Waals surface area contributed by atoms with Crippen molar-refractivity contribution in [2.45, 2.75) is 13.0 Å². The number of amides is 2. The van der Waals surface area contributed by atoms with Gasteiger partial charge < -0.3 is 15.5 Å². The van der Waals surface area contributed by atoms with Crippen LogP contribution >= 0.6 is 23.2 Å². The molecule has 3 N–H and O–H groups in total. The maximum Gasteiger partial charge on any atom is 0.282 e. The molecule has 5 nitrogen and oxygen atoms in total. The Morgan fingerprint density at radius 2 is 1.69 bits per heavy atom. The number of nitrogens with one attached hydrogen (secondary N) is 3. The molecule has 2 amide bonds. The lowest BCUT2D eigenvalue weighted by atomic mass is 10.2. The first-order chi connectivity index (χ1) is 12.3. The average molecular weight is 399 g/mol. The zero-order chi connectivity index (χ0) is 19.3. The number of hydrogen-bond acceptors (Lipinski definition) is 2. The Hall–Kier alpha value is -2.15. The van der Waals surface area contributed by atoms with Gasteiger partial charge in [0.1, 0.15) is 5.82 Å². The molecule has 0 aliphatic carbocycles. The maximum atomic E-state index is 13.6. The number of anilines is 2. The van der Waals surface area contributed by atoms with E-state index in [1.165, 1.54) is 18.2 Å². The molecule has 0 radical (unpaired) electrons. The number of carbonyl (C=O) groups excluding carboxylic acids is 2. The van der Waals surface area contributed by atoms with Gasteiger partial charge in [0.05, 0.1) is 28.5 Å². The molecule has 0 saturated heterocycles. The van der Waals surface area contributed by atoms with Gasteiger partial charge in [-0.2, -0.15) is 0 Å². The van der Waals surface area contributed by atoms with Crippen LogP contribution in [0.4, 0.5) is 15.8 Å². The molecule has 8 heteroatoms. The average Bonchev–Trinajstić information content (AvgIpc) is 2.59. The second-order valence-electron chi connectivity index (χ2n) is 5.86. The Balaban J connectivity index is 1.95. The van der Waals surface area contributed by atoms with Crippen molar-refractivity contribution >= 4 is 46.4 Å². The minimum atomic E-state index is -0.581. The molecule has 0 heterocycles. The Bertz CT molecular complexity index is 797. The highest BCUT2D eigenvalue weighted by molar-refractivity contribution is 6.39. The van der Waals surface area contributed by atoms with E-state index in [4.69, 9.17) is 23.2 Å². The van der Waals surface area contributed by atoms with Crippen molar-refractivity contribution in [3.8, 4) is 0 Å². The minimum absolute atomic E-state index is 0.00735. The van der Waals surface area contributed by atoms with Crippen molar-refractivity contribution in [1.29, 1.82) is 0 Å². The lowest BCUT2D eigenvalue weighted by Gasteiger charge is -2.21. The van der Waals surface area contributed by atoms with Crippen molar-refractivity contribution in [2.75, 3.05) is 24.2 Å². The molecule has 0 aliphatic rings. The van der Waals surface area contributed by atoms with E-state index in [1.807, 2.05) is 0 Å². The molecule has 26 heavy (non-hydrogen) atoms. The summed E-state index contributed by atoms with van der Waals surface area (Å²) in [5.74, 6) is -1.25. The molecule has 0 spiro atoms. The molecule has 0 saturated carbocycles. The van der Waals surface area contributed by atoms with Crippen LogP contribution in [-0.2, 0) is 9.59 Å². The Morgan fingerprint density at radius 1 is 1.08 bits per heavy atom. The fourth-order valence-electron chi connectivity index (χ4n) is 2.23. The number of rotatable bonds is 6. The highest BCUT2D eigenvalue weighted by Gasteiger charge is 2.25. The molecule has 0 bridgehead atoms. The quantitative estimate of drug-likeness (QED) is 0.700. The summed E-state index contributed by atoms with van der Waals surface area (Å²) in [5.41, 5.74) is 0.432. The molecule has 0 fully saturated rings. The number of para-hydroxylation sites is 2. The summed E-state index contributed by atoms with van der Waals surface area (Å²) >= 11 is 12.0. The number of likely N-dealkylation sites (N-methyl/N-ethyl adjacent to an activating group) is 1. The molecule has 0 aliphatic heterocycles. The van der Waals surface area contributed by atoms with E-state index < -0.39 is 17.8 Å². The SMILES string of the molecule is C[C@H](C(=O)Nc1ccccc1F)[NH+](C)CC(=O)Nc1c(Cl)cccc1Cl. The molecule has 138 valence electrons. The summed E-state index contributed by atoms with van der Waals surface area (Å²) in [6.07, 6.45) is 0. The van der Waals surface area contributed by atoms with Gasteiger partial charge in [-0.25, -0.2) is 4.39 Å². The van der Waals surface area contributed by atoms with Crippen LogP contribution in [0.15, 0.2) is 42.5 Å². The maximum absolute atomic E-state index is 13.6. The summed E-state index contributed by atoms with van der Waals surface area (Å²) in [6, 6.07) is 10.2. The zero-order valence-corrected chi connectivity index (χ0v) is 15.8. The second-order valence-corrected chi connectivity index (χ2v) is 6.67. The van der Waals surface area contributed by atoms with Gasteiger partial charge in [0.2, 0.25) is 0 Å². The van der Waals surface area contributed by atoms with Crippen LogP contribution in [0.25, 0.3) is 0 Å². The largest absolute Gasteiger partial charge is 0.320 e. The van der Waals surface area contributed by atoms with E-state index in [0.29, 0.717) is 20.6 Å². The number of benzene rings is 2. The Labute approximate surface area is 161 Å². The van der Waals surface area contributed by atoms with E-state index in [-0.39, 0.29) is 18.1 Å². The number of hydrogen-bond donors (Lipinski definition) is 3. The normalized spacial score (nSPS) is 13.0. The van der Waals surface area contributed by atoms with Crippen molar-refractivity contribution < 1.29 is 18.9 Å². The summed E-state index contributed by atoms with van der Waals surface area (Å²) in [6.45, 7) is 1.66. The first-order valence-electron chi connectivity index (χ1n) is 7.91. The highest BCUT2D eigenvalue weighted by Crippen LogP contribution is 2.29. The van der Waals surface area contributed by atoms with Gasteiger partial charge in [0.25, 0.3) is 11.8 Å². The summed E-state index contributed by atoms with van der Waals surface area (Å²) in [4.78, 5) is 25.1. The van der Waals surface area contributed by atoms with Gasteiger partial charge in [-0.3, -0.25) is 9.59 Å². The van der Waals surface area contributed by atoms with Crippen LogP contribution in [0.1, 0.15) is 6.92 Å². The predicted octanol–water partition coefficient (Wildman–Crippen LogP) is 2.61. The zero-order valence-electron chi connectivity index (χ0n) is 14.3. The Morgan fingerprint density at radius 3 is 2.31 bits per heavy atom. The van der Waals surface area contributed by atoms with Crippen LogP contribution in [0.5, 0.6) is 0 Å². The van der Waals surface area contributed by atoms with Crippen LogP contribution in [0, 0.1) is 5.82 Å². The molecular weight excluding hydrogens is 380 g/mol. The van der Waals surface area contributed by atoms with Gasteiger partial charge in [-0.05, 0) is 31.2 Å². The number of quaternary nitrogens is 1. The van der Waals surface area contributed by atoms with E-state index in [2.05, 4.69) is 10.6 Å². The monoisotopic (exact) mass is 398 g/mol. The first kappa shape index (κ1) is 20.2. The van der Waals surface area contributed by atoms with Crippen LogP contribution in [0.2, 0.25) is 10.0 Å². The van der Waals surface area contributed by atoms with Crippen molar-refractivity contribution in [3.63, 3.8) is 0 Å². The standard InChI is InChI=1S/C18H18Cl2FN3O2/c1-11(18(26)22-15-9-4-3-8-14(15)21)24(2)10-16(25)23-17-12(19)6-5-7-13(17)20/h3-9,11H,10H2,1-2H3,(H,22,26)(H,23,25)/p+1/t11-/m1/s1. The molecule has 2 aromatic carbocycles. The van der Waals surface area contributed by atoms with E-state index in [1.54, 1.807) is 38.2 Å². The van der Waals surface area contributed by atoms with Gasteiger partial charge in [0.15, 0.2) is 12.6 Å². The number of carbonyl (C=O) groups is 2. The third-order valence-electron chi connectivity index (χ3n) is 3.93. The van der Waals surface area contributed by atoms with E-state index >= 15 is 0 Å². The van der Waals surface area contributed by atoms with E-state index in [0.717, 1.165) is 0 Å². The van der Waals surface area contributed by atoms with Crippen molar-refractivity contribution in [3.05, 3.63) is 58.3 Å². The van der Waals surface area contributed by atoms with E-state index in [9.17, 15) is 14.0 Å².